The molecule has 3 rings (SSSR count). The molecule has 0 bridgehead atoms. The lowest BCUT2D eigenvalue weighted by atomic mass is 10.1. The summed E-state index contributed by atoms with van der Waals surface area (Å²) in [6, 6.07) is 14.4. The van der Waals surface area contributed by atoms with Gasteiger partial charge in [0.25, 0.3) is 5.91 Å². The van der Waals surface area contributed by atoms with Gasteiger partial charge in [0.1, 0.15) is 0 Å². The van der Waals surface area contributed by atoms with E-state index in [1.165, 1.54) is 0 Å². The van der Waals surface area contributed by atoms with E-state index in [9.17, 15) is 9.59 Å². The number of rotatable bonds is 7. The Morgan fingerprint density at radius 2 is 1.70 bits per heavy atom. The monoisotopic (exact) mass is 363 g/mol. The van der Waals surface area contributed by atoms with Crippen LogP contribution in [0.15, 0.2) is 67.3 Å². The topological polar surface area (TPSA) is 102 Å². The number of benzene rings is 2. The molecule has 7 nitrogen and oxygen atoms in total. The first kappa shape index (κ1) is 18.2. The molecule has 1 aromatic heterocycles. The molecule has 2 aromatic carbocycles. The van der Waals surface area contributed by atoms with E-state index >= 15 is 0 Å². The maximum atomic E-state index is 12.4. The van der Waals surface area contributed by atoms with Crippen molar-refractivity contribution in [1.29, 1.82) is 0 Å². The summed E-state index contributed by atoms with van der Waals surface area (Å²) in [5.41, 5.74) is 8.67. The van der Waals surface area contributed by atoms with Crippen LogP contribution in [0.5, 0.6) is 0 Å². The van der Waals surface area contributed by atoms with Crippen molar-refractivity contribution in [1.82, 2.24) is 20.2 Å². The molecule has 4 N–H and O–H groups in total. The van der Waals surface area contributed by atoms with Crippen molar-refractivity contribution >= 4 is 11.9 Å². The van der Waals surface area contributed by atoms with Crippen LogP contribution in [0.1, 0.15) is 27.0 Å². The van der Waals surface area contributed by atoms with E-state index in [-0.39, 0.29) is 5.91 Å². The average Bonchev–Trinajstić information content (AvgIpc) is 3.19. The Morgan fingerprint density at radius 1 is 0.963 bits per heavy atom. The summed E-state index contributed by atoms with van der Waals surface area (Å²) in [6.45, 7) is 1.47. The van der Waals surface area contributed by atoms with Gasteiger partial charge in [-0.1, -0.05) is 36.4 Å². The first-order valence-electron chi connectivity index (χ1n) is 8.55. The number of nitrogens with zero attached hydrogens (tertiary/aromatic N) is 2. The van der Waals surface area contributed by atoms with E-state index in [0.29, 0.717) is 25.2 Å². The van der Waals surface area contributed by atoms with Crippen molar-refractivity contribution in [2.75, 3.05) is 0 Å². The van der Waals surface area contributed by atoms with Crippen molar-refractivity contribution in [2.45, 2.75) is 19.6 Å². The Labute approximate surface area is 157 Å². The van der Waals surface area contributed by atoms with Crippen molar-refractivity contribution in [3.05, 3.63) is 89.5 Å². The fraction of sp³-hybridized carbons (Fsp3) is 0.150. The van der Waals surface area contributed by atoms with E-state index in [4.69, 9.17) is 5.73 Å². The quantitative estimate of drug-likeness (QED) is 0.598. The normalized spacial score (nSPS) is 10.4. The third-order valence-corrected chi connectivity index (χ3v) is 4.15. The second-order valence-corrected chi connectivity index (χ2v) is 6.10. The predicted molar refractivity (Wildman–Crippen MR) is 102 cm³/mol. The largest absolute Gasteiger partial charge is 0.352 e. The number of aromatic nitrogens is 2. The van der Waals surface area contributed by atoms with Crippen LogP contribution in [0, 0.1) is 0 Å². The summed E-state index contributed by atoms with van der Waals surface area (Å²) < 4.78 is 1.99. The van der Waals surface area contributed by atoms with E-state index in [0.717, 1.165) is 16.7 Å². The number of carbonyl (C=O) groups is 2. The molecule has 0 aliphatic carbocycles. The Bertz CT molecular complexity index is 904. The highest BCUT2D eigenvalue weighted by atomic mass is 16.2. The maximum Gasteiger partial charge on any atom is 0.312 e. The number of primary amides is 1. The zero-order valence-electron chi connectivity index (χ0n) is 14.8. The molecule has 0 aliphatic rings. The summed E-state index contributed by atoms with van der Waals surface area (Å²) >= 11 is 0. The minimum atomic E-state index is -0.578. The van der Waals surface area contributed by atoms with Gasteiger partial charge in [-0.15, -0.1) is 0 Å². The summed E-state index contributed by atoms with van der Waals surface area (Å²) in [5.74, 6) is -0.151. The molecule has 7 heteroatoms. The Balaban J connectivity index is 1.60. The molecule has 0 radical (unpaired) electrons. The van der Waals surface area contributed by atoms with Gasteiger partial charge in [-0.25, -0.2) is 9.78 Å². The van der Waals surface area contributed by atoms with Gasteiger partial charge in [0, 0.05) is 37.6 Å². The molecule has 0 aliphatic heterocycles. The number of nitrogens with two attached hydrogens (primary N) is 1. The first-order valence-corrected chi connectivity index (χ1v) is 8.55. The number of nitrogens with one attached hydrogen (secondary N) is 2. The lowest BCUT2D eigenvalue weighted by molar-refractivity contribution is 0.0950. The molecule has 138 valence electrons. The van der Waals surface area contributed by atoms with Gasteiger partial charge in [-0.05, 0) is 28.8 Å². The zero-order valence-corrected chi connectivity index (χ0v) is 14.8. The number of amides is 3. The number of urea groups is 1. The molecule has 0 saturated carbocycles. The summed E-state index contributed by atoms with van der Waals surface area (Å²) in [6.07, 6.45) is 5.42. The second kappa shape index (κ2) is 8.66. The first-order chi connectivity index (χ1) is 13.1. The van der Waals surface area contributed by atoms with E-state index in [2.05, 4.69) is 15.6 Å². The van der Waals surface area contributed by atoms with Crippen LogP contribution >= 0.6 is 0 Å². The van der Waals surface area contributed by atoms with Crippen molar-refractivity contribution in [2.24, 2.45) is 5.73 Å². The maximum absolute atomic E-state index is 12.4. The Kier molecular flexibility index (Phi) is 5.84. The molecule has 0 fully saturated rings. The summed E-state index contributed by atoms with van der Waals surface area (Å²) in [4.78, 5) is 27.2. The van der Waals surface area contributed by atoms with Gasteiger partial charge in [0.2, 0.25) is 0 Å². The van der Waals surface area contributed by atoms with Crippen LogP contribution < -0.4 is 16.4 Å². The van der Waals surface area contributed by atoms with Crippen molar-refractivity contribution in [3.8, 4) is 0 Å². The molecule has 1 heterocycles. The van der Waals surface area contributed by atoms with Crippen LogP contribution in [0.3, 0.4) is 0 Å². The van der Waals surface area contributed by atoms with Crippen LogP contribution in [0.25, 0.3) is 0 Å². The molecule has 0 unspecified atom stereocenters. The predicted octanol–water partition coefficient (Wildman–Crippen LogP) is 2.03. The fourth-order valence-electron chi connectivity index (χ4n) is 2.70. The van der Waals surface area contributed by atoms with E-state index in [1.54, 1.807) is 36.8 Å². The summed E-state index contributed by atoms with van der Waals surface area (Å²) in [5, 5.41) is 5.46. The lowest BCUT2D eigenvalue weighted by Crippen LogP contribution is -2.28. The van der Waals surface area contributed by atoms with Crippen molar-refractivity contribution in [3.63, 3.8) is 0 Å². The molecule has 0 saturated heterocycles. The van der Waals surface area contributed by atoms with Gasteiger partial charge >= 0.3 is 6.03 Å². The van der Waals surface area contributed by atoms with Crippen molar-refractivity contribution < 1.29 is 9.59 Å². The Hall–Kier alpha value is -3.61. The number of carbonyl (C=O) groups excluding carboxylic acids is 2. The fourth-order valence-corrected chi connectivity index (χ4v) is 2.70. The van der Waals surface area contributed by atoms with Gasteiger partial charge < -0.3 is 20.9 Å². The highest BCUT2D eigenvalue weighted by Crippen LogP contribution is 2.11. The summed E-state index contributed by atoms with van der Waals surface area (Å²) in [7, 11) is 0. The Morgan fingerprint density at radius 3 is 2.37 bits per heavy atom. The number of imidazole rings is 1. The minimum Gasteiger partial charge on any atom is -0.352 e. The molecule has 0 atom stereocenters. The van der Waals surface area contributed by atoms with Crippen LogP contribution in [0.4, 0.5) is 4.79 Å². The third-order valence-electron chi connectivity index (χ3n) is 4.15. The van der Waals surface area contributed by atoms with Gasteiger partial charge in [-0.2, -0.15) is 0 Å². The van der Waals surface area contributed by atoms with Gasteiger partial charge in [0.15, 0.2) is 0 Å². The number of hydrogen-bond acceptors (Lipinski definition) is 3. The third kappa shape index (κ3) is 5.18. The zero-order chi connectivity index (χ0) is 19.1. The number of hydrogen-bond donors (Lipinski definition) is 3. The highest BCUT2D eigenvalue weighted by Gasteiger charge is 2.08. The molecular formula is C20H21N5O2. The van der Waals surface area contributed by atoms with Crippen LogP contribution in [0.2, 0.25) is 0 Å². The molecule has 0 spiro atoms. The lowest BCUT2D eigenvalue weighted by Gasteiger charge is -2.11. The van der Waals surface area contributed by atoms with E-state index < -0.39 is 6.03 Å². The molecule has 27 heavy (non-hydrogen) atoms. The van der Waals surface area contributed by atoms with Crippen LogP contribution in [-0.4, -0.2) is 21.5 Å². The smallest absolute Gasteiger partial charge is 0.312 e. The minimum absolute atomic E-state index is 0.151. The van der Waals surface area contributed by atoms with E-state index in [1.807, 2.05) is 35.0 Å². The van der Waals surface area contributed by atoms with Crippen LogP contribution in [-0.2, 0) is 19.6 Å². The highest BCUT2D eigenvalue weighted by molar-refractivity contribution is 5.94. The molecule has 3 aromatic rings. The molecular weight excluding hydrogens is 342 g/mol. The average molecular weight is 363 g/mol. The molecule has 3 amide bonds. The second-order valence-electron chi connectivity index (χ2n) is 6.10. The SMILES string of the molecule is NC(=O)NCc1ccc(C(=O)NCc2ccccc2Cn2ccnc2)cc1. The van der Waals surface area contributed by atoms with Gasteiger partial charge in [0.05, 0.1) is 6.33 Å². The van der Waals surface area contributed by atoms with Gasteiger partial charge in [-0.3, -0.25) is 4.79 Å². The standard InChI is InChI=1S/C20H21N5O2/c21-20(27)24-11-15-5-7-16(8-6-15)19(26)23-12-17-3-1-2-4-18(17)13-25-10-9-22-14-25/h1-10,14H,11-13H2,(H,23,26)(H3,21,24,27).